The highest BCUT2D eigenvalue weighted by atomic mass is 35.5. The lowest BCUT2D eigenvalue weighted by Crippen LogP contribution is -2.34. The van der Waals surface area contributed by atoms with Crippen molar-refractivity contribution >= 4 is 56.5 Å². The number of amides is 1. The minimum Gasteiger partial charge on any atom is -0.379 e. The van der Waals surface area contributed by atoms with Gasteiger partial charge in [-0.3, -0.25) is 4.79 Å². The summed E-state index contributed by atoms with van der Waals surface area (Å²) in [5.41, 5.74) is 1.71. The van der Waals surface area contributed by atoms with Crippen LogP contribution in [0, 0.1) is 5.92 Å². The Morgan fingerprint density at radius 3 is 2.18 bits per heavy atom. The Morgan fingerprint density at radius 2 is 1.58 bits per heavy atom. The van der Waals surface area contributed by atoms with Crippen LogP contribution < -0.4 is 9.08 Å². The zero-order chi connectivity index (χ0) is 28.0. The maximum atomic E-state index is 13.5. The third kappa shape index (κ3) is 7.35. The van der Waals surface area contributed by atoms with Crippen molar-refractivity contribution in [1.29, 1.82) is 0 Å². The van der Waals surface area contributed by atoms with Crippen LogP contribution in [0.5, 0.6) is 5.75 Å². The van der Waals surface area contributed by atoms with Gasteiger partial charge < -0.3 is 14.0 Å². The van der Waals surface area contributed by atoms with E-state index in [4.69, 9.17) is 39.0 Å². The van der Waals surface area contributed by atoms with Crippen molar-refractivity contribution in [3.8, 4) is 5.75 Å². The van der Waals surface area contributed by atoms with E-state index < -0.39 is 10.1 Å². The summed E-state index contributed by atoms with van der Waals surface area (Å²) in [5.74, 6) is 0.0253. The second kappa shape index (κ2) is 13.1. The predicted molar refractivity (Wildman–Crippen MR) is 155 cm³/mol. The molecule has 0 spiro atoms. The Kier molecular flexibility index (Phi) is 10.4. The Labute approximate surface area is 240 Å². The number of nitrogens with zero attached hydrogens (tertiary/aromatic N) is 2. The number of hydrogen-bond donors (Lipinski definition) is 0. The van der Waals surface area contributed by atoms with Crippen molar-refractivity contribution < 1.29 is 17.4 Å². The van der Waals surface area contributed by atoms with Gasteiger partial charge in [-0.15, -0.1) is 0 Å². The van der Waals surface area contributed by atoms with Gasteiger partial charge in [-0.1, -0.05) is 66.8 Å². The van der Waals surface area contributed by atoms with Crippen LogP contribution in [-0.4, -0.2) is 38.9 Å². The molecule has 0 heterocycles. The molecule has 10 heteroatoms. The van der Waals surface area contributed by atoms with E-state index in [1.54, 1.807) is 41.3 Å². The maximum absolute atomic E-state index is 13.5. The first-order valence-corrected chi connectivity index (χ1v) is 14.8. The highest BCUT2D eigenvalue weighted by Crippen LogP contribution is 2.32. The number of carbonyl (C=O) groups is 1. The highest BCUT2D eigenvalue weighted by molar-refractivity contribution is 7.87. The zero-order valence-electron chi connectivity index (χ0n) is 21.7. The van der Waals surface area contributed by atoms with Gasteiger partial charge in [-0.2, -0.15) is 8.42 Å². The molecule has 0 N–H and O–H groups in total. The average molecular weight is 598 g/mol. The molecule has 38 heavy (non-hydrogen) atoms. The van der Waals surface area contributed by atoms with Crippen molar-refractivity contribution in [1.82, 2.24) is 4.90 Å². The van der Waals surface area contributed by atoms with E-state index in [9.17, 15) is 13.2 Å². The van der Waals surface area contributed by atoms with Gasteiger partial charge in [0.1, 0.15) is 10.6 Å². The van der Waals surface area contributed by atoms with Crippen LogP contribution in [0.25, 0.3) is 0 Å². The maximum Gasteiger partial charge on any atom is 0.339 e. The number of rotatable bonds is 11. The summed E-state index contributed by atoms with van der Waals surface area (Å²) in [6.07, 6.45) is 0. The van der Waals surface area contributed by atoms with Crippen molar-refractivity contribution in [2.24, 2.45) is 5.92 Å². The number of halogens is 3. The van der Waals surface area contributed by atoms with Gasteiger partial charge >= 0.3 is 10.1 Å². The molecule has 1 amide bonds. The third-order valence-corrected chi connectivity index (χ3v) is 8.20. The fourth-order valence-corrected chi connectivity index (χ4v) is 5.57. The van der Waals surface area contributed by atoms with Gasteiger partial charge in [0.05, 0.1) is 20.6 Å². The Balaban J connectivity index is 2.06. The van der Waals surface area contributed by atoms with E-state index in [-0.39, 0.29) is 39.1 Å². The standard InChI is InChI=1S/C28H31Cl3N2O4S/c1-5-32(6-2)21-12-11-20(18-33(17-19(3)4)28(34)23-9-7-8-10-24(23)29)27(15-21)37-38(35,36)22-13-14-25(30)26(31)16-22/h7-16,19H,5-6,17-18H2,1-4H3. The monoisotopic (exact) mass is 596 g/mol. The molecule has 0 atom stereocenters. The summed E-state index contributed by atoms with van der Waals surface area (Å²) >= 11 is 18.4. The normalized spacial score (nSPS) is 11.5. The van der Waals surface area contributed by atoms with Crippen LogP contribution in [0.3, 0.4) is 0 Å². The SMILES string of the molecule is CCN(CC)c1ccc(CN(CC(C)C)C(=O)c2ccccc2Cl)c(OS(=O)(=O)c2ccc(Cl)c(Cl)c2)c1. The third-order valence-electron chi connectivity index (χ3n) is 5.90. The summed E-state index contributed by atoms with van der Waals surface area (Å²) in [7, 11) is -4.26. The molecule has 0 unspecified atom stereocenters. The first-order chi connectivity index (χ1) is 18.0. The molecule has 0 saturated heterocycles. The Morgan fingerprint density at radius 1 is 0.895 bits per heavy atom. The van der Waals surface area contributed by atoms with Gasteiger partial charge in [-0.25, -0.2) is 0 Å². The summed E-state index contributed by atoms with van der Waals surface area (Å²) in [6.45, 7) is 10.0. The largest absolute Gasteiger partial charge is 0.379 e. The molecule has 0 aliphatic heterocycles. The lowest BCUT2D eigenvalue weighted by Gasteiger charge is -2.27. The fraction of sp³-hybridized carbons (Fsp3) is 0.321. The Hall–Kier alpha value is -2.45. The molecule has 3 rings (SSSR count). The van der Waals surface area contributed by atoms with Crippen molar-refractivity contribution in [2.75, 3.05) is 24.5 Å². The molecule has 6 nitrogen and oxygen atoms in total. The number of hydrogen-bond acceptors (Lipinski definition) is 5. The molecule has 0 radical (unpaired) electrons. The molecule has 0 aliphatic rings. The van der Waals surface area contributed by atoms with Gasteiger partial charge in [-0.05, 0) is 56.2 Å². The van der Waals surface area contributed by atoms with E-state index in [1.807, 2.05) is 33.8 Å². The van der Waals surface area contributed by atoms with Crippen LogP contribution in [0.2, 0.25) is 15.1 Å². The molecule has 3 aromatic rings. The first kappa shape index (κ1) is 30.1. The second-order valence-corrected chi connectivity index (χ2v) is 11.9. The van der Waals surface area contributed by atoms with Crippen LogP contribution in [0.4, 0.5) is 5.69 Å². The second-order valence-electron chi connectivity index (χ2n) is 9.14. The van der Waals surface area contributed by atoms with Crippen molar-refractivity contribution in [3.63, 3.8) is 0 Å². The first-order valence-electron chi connectivity index (χ1n) is 12.3. The van der Waals surface area contributed by atoms with Crippen LogP contribution in [-0.2, 0) is 16.7 Å². The molecule has 0 aliphatic carbocycles. The lowest BCUT2D eigenvalue weighted by molar-refractivity contribution is 0.0722. The zero-order valence-corrected chi connectivity index (χ0v) is 24.8. The van der Waals surface area contributed by atoms with Crippen molar-refractivity contribution in [3.05, 3.63) is 86.9 Å². The number of benzene rings is 3. The molecular formula is C28H31Cl3N2O4S. The quantitative estimate of drug-likeness (QED) is 0.213. The highest BCUT2D eigenvalue weighted by Gasteiger charge is 2.25. The predicted octanol–water partition coefficient (Wildman–Crippen LogP) is 7.56. The van der Waals surface area contributed by atoms with Crippen LogP contribution in [0.15, 0.2) is 65.6 Å². The van der Waals surface area contributed by atoms with E-state index in [0.717, 1.165) is 18.8 Å². The summed E-state index contributed by atoms with van der Waals surface area (Å²) in [6, 6.07) is 16.2. The minimum absolute atomic E-state index is 0.0990. The topological polar surface area (TPSA) is 66.9 Å². The van der Waals surface area contributed by atoms with Gasteiger partial charge in [0.15, 0.2) is 0 Å². The molecule has 0 saturated carbocycles. The van der Waals surface area contributed by atoms with E-state index in [0.29, 0.717) is 22.7 Å². The minimum atomic E-state index is -4.26. The van der Waals surface area contributed by atoms with Crippen LogP contribution >= 0.6 is 34.8 Å². The van der Waals surface area contributed by atoms with Gasteiger partial charge in [0.25, 0.3) is 5.91 Å². The Bertz CT molecular complexity index is 1390. The van der Waals surface area contributed by atoms with E-state index in [2.05, 4.69) is 4.90 Å². The molecule has 3 aromatic carbocycles. The molecule has 0 aromatic heterocycles. The molecule has 0 bridgehead atoms. The fourth-order valence-electron chi connectivity index (χ4n) is 4.01. The van der Waals surface area contributed by atoms with Gasteiger partial charge in [0.2, 0.25) is 0 Å². The lowest BCUT2D eigenvalue weighted by atomic mass is 10.1. The molecular weight excluding hydrogens is 567 g/mol. The molecule has 0 fully saturated rings. The summed E-state index contributed by atoms with van der Waals surface area (Å²) in [4.78, 5) is 17.1. The van der Waals surface area contributed by atoms with Gasteiger partial charge in [0, 0.05) is 43.5 Å². The van der Waals surface area contributed by atoms with E-state index >= 15 is 0 Å². The number of anilines is 1. The molecule has 204 valence electrons. The summed E-state index contributed by atoms with van der Waals surface area (Å²) in [5, 5.41) is 0.681. The number of carbonyl (C=O) groups excluding carboxylic acids is 1. The van der Waals surface area contributed by atoms with E-state index in [1.165, 1.54) is 18.2 Å². The smallest absolute Gasteiger partial charge is 0.339 e. The van der Waals surface area contributed by atoms with Crippen molar-refractivity contribution in [2.45, 2.75) is 39.1 Å². The average Bonchev–Trinajstić information content (AvgIpc) is 2.86. The summed E-state index contributed by atoms with van der Waals surface area (Å²) < 4.78 is 32.2. The van der Waals surface area contributed by atoms with Crippen LogP contribution in [0.1, 0.15) is 43.6 Å².